The SMILES string of the molecule is CN(Cc1ccccc1F)C(=O)CN1CCC(NC(=O)c2ccccc2F)CC1. The van der Waals surface area contributed by atoms with Gasteiger partial charge in [-0.05, 0) is 31.0 Å². The van der Waals surface area contributed by atoms with Crippen molar-refractivity contribution in [3.63, 3.8) is 0 Å². The van der Waals surface area contributed by atoms with Gasteiger partial charge in [-0.1, -0.05) is 30.3 Å². The van der Waals surface area contributed by atoms with E-state index in [1.807, 2.05) is 4.90 Å². The number of piperidine rings is 1. The van der Waals surface area contributed by atoms with Gasteiger partial charge in [0.1, 0.15) is 11.6 Å². The largest absolute Gasteiger partial charge is 0.349 e. The molecule has 1 N–H and O–H groups in total. The normalized spacial score (nSPS) is 15.1. The van der Waals surface area contributed by atoms with Gasteiger partial charge in [-0.2, -0.15) is 0 Å². The Morgan fingerprint density at radius 2 is 1.66 bits per heavy atom. The second-order valence-electron chi connectivity index (χ2n) is 7.34. The maximum atomic E-state index is 13.8. The van der Waals surface area contributed by atoms with E-state index in [-0.39, 0.29) is 36.4 Å². The van der Waals surface area contributed by atoms with Crippen LogP contribution in [-0.4, -0.2) is 54.3 Å². The molecular formula is C22H25F2N3O2. The van der Waals surface area contributed by atoms with Gasteiger partial charge in [0, 0.05) is 38.3 Å². The Morgan fingerprint density at radius 1 is 1.03 bits per heavy atom. The van der Waals surface area contributed by atoms with Crippen LogP contribution in [0.2, 0.25) is 0 Å². The highest BCUT2D eigenvalue weighted by Gasteiger charge is 2.24. The standard InChI is InChI=1S/C22H25F2N3O2/c1-26(14-16-6-2-4-8-19(16)23)21(28)15-27-12-10-17(11-13-27)25-22(29)18-7-3-5-9-20(18)24/h2-9,17H,10-15H2,1H3,(H,25,29). The van der Waals surface area contributed by atoms with Crippen LogP contribution >= 0.6 is 0 Å². The molecule has 1 saturated heterocycles. The summed E-state index contributed by atoms with van der Waals surface area (Å²) in [7, 11) is 1.66. The van der Waals surface area contributed by atoms with Crippen LogP contribution in [0.4, 0.5) is 8.78 Å². The third-order valence-electron chi connectivity index (χ3n) is 5.19. The van der Waals surface area contributed by atoms with Crippen LogP contribution in [0.15, 0.2) is 48.5 Å². The minimum atomic E-state index is -0.536. The lowest BCUT2D eigenvalue weighted by Gasteiger charge is -2.33. The van der Waals surface area contributed by atoms with E-state index in [0.717, 1.165) is 0 Å². The predicted octanol–water partition coefficient (Wildman–Crippen LogP) is 2.82. The van der Waals surface area contributed by atoms with E-state index in [4.69, 9.17) is 0 Å². The van der Waals surface area contributed by atoms with E-state index < -0.39 is 11.7 Å². The van der Waals surface area contributed by atoms with Gasteiger partial charge in [0.15, 0.2) is 0 Å². The van der Waals surface area contributed by atoms with Crippen molar-refractivity contribution < 1.29 is 18.4 Å². The van der Waals surface area contributed by atoms with Crippen LogP contribution in [-0.2, 0) is 11.3 Å². The van der Waals surface area contributed by atoms with Crippen molar-refractivity contribution in [2.24, 2.45) is 0 Å². The van der Waals surface area contributed by atoms with Crippen molar-refractivity contribution in [2.45, 2.75) is 25.4 Å². The summed E-state index contributed by atoms with van der Waals surface area (Å²) in [6.07, 6.45) is 1.37. The average Bonchev–Trinajstić information content (AvgIpc) is 2.71. The highest BCUT2D eigenvalue weighted by Crippen LogP contribution is 2.14. The number of hydrogen-bond acceptors (Lipinski definition) is 3. The fourth-order valence-electron chi connectivity index (χ4n) is 3.43. The lowest BCUT2D eigenvalue weighted by atomic mass is 10.0. The van der Waals surface area contributed by atoms with E-state index in [9.17, 15) is 18.4 Å². The van der Waals surface area contributed by atoms with Crippen molar-refractivity contribution in [1.29, 1.82) is 0 Å². The summed E-state index contributed by atoms with van der Waals surface area (Å²) in [5.41, 5.74) is 0.526. The third-order valence-corrected chi connectivity index (χ3v) is 5.19. The van der Waals surface area contributed by atoms with Gasteiger partial charge >= 0.3 is 0 Å². The highest BCUT2D eigenvalue weighted by atomic mass is 19.1. The van der Waals surface area contributed by atoms with Gasteiger partial charge in [0.2, 0.25) is 5.91 Å². The number of likely N-dealkylation sites (N-methyl/N-ethyl adjacent to an activating group) is 1. The molecule has 29 heavy (non-hydrogen) atoms. The molecule has 7 heteroatoms. The molecule has 154 valence electrons. The zero-order chi connectivity index (χ0) is 20.8. The molecular weight excluding hydrogens is 376 g/mol. The first-order valence-electron chi connectivity index (χ1n) is 9.69. The van der Waals surface area contributed by atoms with Gasteiger partial charge in [-0.25, -0.2) is 8.78 Å². The molecule has 0 atom stereocenters. The summed E-state index contributed by atoms with van der Waals surface area (Å²) in [6, 6.07) is 12.3. The van der Waals surface area contributed by atoms with Gasteiger partial charge in [0.25, 0.3) is 5.91 Å². The number of nitrogens with one attached hydrogen (secondary N) is 1. The summed E-state index contributed by atoms with van der Waals surface area (Å²) in [5, 5.41) is 2.87. The number of carbonyl (C=O) groups excluding carboxylic acids is 2. The summed E-state index contributed by atoms with van der Waals surface area (Å²) in [5.74, 6) is -1.35. The molecule has 1 aliphatic heterocycles. The molecule has 3 rings (SSSR count). The van der Waals surface area contributed by atoms with Gasteiger partial charge in [0.05, 0.1) is 12.1 Å². The molecule has 2 amide bonds. The van der Waals surface area contributed by atoms with Crippen molar-refractivity contribution >= 4 is 11.8 Å². The van der Waals surface area contributed by atoms with E-state index in [1.54, 1.807) is 37.4 Å². The van der Waals surface area contributed by atoms with Crippen LogP contribution in [0.5, 0.6) is 0 Å². The first-order chi connectivity index (χ1) is 13.9. The molecule has 1 fully saturated rings. The van der Waals surface area contributed by atoms with Gasteiger partial charge in [-0.15, -0.1) is 0 Å². The molecule has 0 saturated carbocycles. The van der Waals surface area contributed by atoms with E-state index in [0.29, 0.717) is 31.5 Å². The smallest absolute Gasteiger partial charge is 0.254 e. The number of rotatable bonds is 6. The number of amides is 2. The second-order valence-corrected chi connectivity index (χ2v) is 7.34. The Labute approximate surface area is 169 Å². The molecule has 2 aromatic carbocycles. The molecule has 1 heterocycles. The number of nitrogens with zero attached hydrogens (tertiary/aromatic N) is 2. The third kappa shape index (κ3) is 5.60. The molecule has 0 spiro atoms. The number of carbonyl (C=O) groups is 2. The maximum absolute atomic E-state index is 13.8. The Balaban J connectivity index is 1.44. The average molecular weight is 401 g/mol. The van der Waals surface area contributed by atoms with Gasteiger partial charge < -0.3 is 10.2 Å². The molecule has 0 unspecified atom stereocenters. The van der Waals surface area contributed by atoms with E-state index >= 15 is 0 Å². The van der Waals surface area contributed by atoms with Crippen molar-refractivity contribution in [3.8, 4) is 0 Å². The van der Waals surface area contributed by atoms with Crippen LogP contribution in [0, 0.1) is 11.6 Å². The number of hydrogen-bond donors (Lipinski definition) is 1. The lowest BCUT2D eigenvalue weighted by Crippen LogP contribution is -2.47. The van der Waals surface area contributed by atoms with Crippen molar-refractivity contribution in [3.05, 3.63) is 71.3 Å². The quantitative estimate of drug-likeness (QED) is 0.810. The lowest BCUT2D eigenvalue weighted by molar-refractivity contribution is -0.132. The Morgan fingerprint density at radius 3 is 2.31 bits per heavy atom. The van der Waals surface area contributed by atoms with E-state index in [1.165, 1.54) is 23.1 Å². The predicted molar refractivity (Wildman–Crippen MR) is 106 cm³/mol. The Hall–Kier alpha value is -2.80. The topological polar surface area (TPSA) is 52.7 Å². The summed E-state index contributed by atoms with van der Waals surface area (Å²) < 4.78 is 27.5. The molecule has 0 aromatic heterocycles. The fourth-order valence-corrected chi connectivity index (χ4v) is 3.43. The van der Waals surface area contributed by atoms with Crippen LogP contribution in [0.3, 0.4) is 0 Å². The summed E-state index contributed by atoms with van der Waals surface area (Å²) in [4.78, 5) is 28.2. The molecule has 0 aliphatic carbocycles. The number of halogens is 2. The molecule has 1 aliphatic rings. The number of benzene rings is 2. The number of likely N-dealkylation sites (tertiary alicyclic amines) is 1. The molecule has 2 aromatic rings. The Bertz CT molecular complexity index is 867. The highest BCUT2D eigenvalue weighted by molar-refractivity contribution is 5.94. The summed E-state index contributed by atoms with van der Waals surface area (Å²) >= 11 is 0. The first-order valence-corrected chi connectivity index (χ1v) is 9.69. The minimum absolute atomic E-state index is 0.0416. The van der Waals surface area contributed by atoms with Crippen molar-refractivity contribution in [1.82, 2.24) is 15.1 Å². The summed E-state index contributed by atoms with van der Waals surface area (Å²) in [6.45, 7) is 1.78. The monoisotopic (exact) mass is 401 g/mol. The minimum Gasteiger partial charge on any atom is -0.349 e. The molecule has 5 nitrogen and oxygen atoms in total. The van der Waals surface area contributed by atoms with Crippen LogP contribution < -0.4 is 5.32 Å². The van der Waals surface area contributed by atoms with Crippen LogP contribution in [0.1, 0.15) is 28.8 Å². The fraction of sp³-hybridized carbons (Fsp3) is 0.364. The maximum Gasteiger partial charge on any atom is 0.254 e. The molecule has 0 bridgehead atoms. The Kier molecular flexibility index (Phi) is 6.93. The molecule has 0 radical (unpaired) electrons. The van der Waals surface area contributed by atoms with Crippen LogP contribution in [0.25, 0.3) is 0 Å². The van der Waals surface area contributed by atoms with E-state index in [2.05, 4.69) is 5.32 Å². The second kappa shape index (κ2) is 9.60. The zero-order valence-corrected chi connectivity index (χ0v) is 16.4. The van der Waals surface area contributed by atoms with Crippen molar-refractivity contribution in [2.75, 3.05) is 26.7 Å². The van der Waals surface area contributed by atoms with Gasteiger partial charge in [-0.3, -0.25) is 14.5 Å². The first kappa shape index (κ1) is 20.9. The zero-order valence-electron chi connectivity index (χ0n) is 16.4.